The number of benzene rings is 10. The van der Waals surface area contributed by atoms with Gasteiger partial charge in [-0.2, -0.15) is 0 Å². The number of para-hydroxylation sites is 2. The smallest absolute Gasteiger partial charge is 0.236 e. The van der Waals surface area contributed by atoms with Gasteiger partial charge in [-0.25, -0.2) is 28.7 Å². The molecule has 2 aliphatic rings. The number of ether oxygens (including phenoxy) is 1. The maximum Gasteiger partial charge on any atom is 0.236 e. The molecule has 0 saturated heterocycles. The van der Waals surface area contributed by atoms with Crippen molar-refractivity contribution in [2.24, 2.45) is 0 Å². The number of furan rings is 2. The summed E-state index contributed by atoms with van der Waals surface area (Å²) in [7, 11) is 1.58. The average Bonchev–Trinajstić information content (AvgIpc) is 1.56. The van der Waals surface area contributed by atoms with Crippen molar-refractivity contribution in [2.45, 2.75) is 38.5 Å². The molecule has 0 radical (unpaired) electrons. The molecule has 6 heterocycles. The third-order valence-electron chi connectivity index (χ3n) is 18.6. The third kappa shape index (κ3) is 7.81. The van der Waals surface area contributed by atoms with Crippen molar-refractivity contribution in [2.75, 3.05) is 7.11 Å². The van der Waals surface area contributed by atoms with Crippen LogP contribution < -0.4 is 4.74 Å². The summed E-state index contributed by atoms with van der Waals surface area (Å²) in [5, 5.41) is 15.2. The molecule has 0 aliphatic heterocycles. The van der Waals surface area contributed by atoms with E-state index in [-0.39, 0.29) is 28.0 Å². The van der Waals surface area contributed by atoms with Gasteiger partial charge in [0.25, 0.3) is 0 Å². The number of phenols is 1. The lowest BCUT2D eigenvalue weighted by atomic mass is 9.81. The molecule has 10 nitrogen and oxygen atoms in total. The molecule has 438 valence electrons. The molecule has 0 atom stereocenters. The van der Waals surface area contributed by atoms with E-state index in [1.807, 2.05) is 91.0 Å². The average molecular weight is 1190 g/mol. The summed E-state index contributed by atoms with van der Waals surface area (Å²) < 4.78 is 53.1. The number of phenolic OH excluding ortho intramolecular Hbond substituents is 1. The van der Waals surface area contributed by atoms with Crippen LogP contribution in [0.25, 0.3) is 145 Å². The van der Waals surface area contributed by atoms with Crippen LogP contribution in [-0.4, -0.2) is 41.3 Å². The van der Waals surface area contributed by atoms with Crippen LogP contribution in [0.15, 0.2) is 239 Å². The Morgan fingerprint density at radius 1 is 0.385 bits per heavy atom. The fraction of sp³-hybridized carbons (Fsp3) is 0.0886. The minimum atomic E-state index is -0.424. The monoisotopic (exact) mass is 1190 g/mol. The number of fused-ring (bicyclic) bond motifs is 16. The molecule has 18 rings (SSSR count). The molecule has 0 unspecified atom stereocenters. The van der Waals surface area contributed by atoms with Gasteiger partial charge in [0.05, 0.1) is 40.3 Å². The lowest BCUT2D eigenvalue weighted by molar-refractivity contribution is 0.413. The maximum absolute atomic E-state index is 15.0. The molecule has 1 N–H and O–H groups in total. The van der Waals surface area contributed by atoms with Gasteiger partial charge in [0.1, 0.15) is 34.1 Å². The molecule has 0 saturated carbocycles. The van der Waals surface area contributed by atoms with Crippen LogP contribution in [0.3, 0.4) is 0 Å². The van der Waals surface area contributed by atoms with E-state index in [0.717, 1.165) is 49.9 Å². The molecule has 0 bridgehead atoms. The lowest BCUT2D eigenvalue weighted by Gasteiger charge is -2.21. The van der Waals surface area contributed by atoms with E-state index in [1.165, 1.54) is 45.3 Å². The van der Waals surface area contributed by atoms with Crippen LogP contribution in [0.4, 0.5) is 8.78 Å². The minimum absolute atomic E-state index is 0.140. The minimum Gasteiger partial charge on any atom is -0.504 e. The highest BCUT2D eigenvalue weighted by atomic mass is 19.1. The summed E-state index contributed by atoms with van der Waals surface area (Å²) >= 11 is 0. The van der Waals surface area contributed by atoms with Crippen molar-refractivity contribution < 1.29 is 27.5 Å². The Balaban J connectivity index is 0.000000140. The first-order valence-electron chi connectivity index (χ1n) is 30.3. The molecule has 0 spiro atoms. The molecule has 2 aliphatic carbocycles. The summed E-state index contributed by atoms with van der Waals surface area (Å²) in [5.74, 6) is 0.609. The van der Waals surface area contributed by atoms with E-state index < -0.39 is 5.82 Å². The zero-order valence-electron chi connectivity index (χ0n) is 50.1. The summed E-state index contributed by atoms with van der Waals surface area (Å²) in [6.45, 7) is 9.12. The highest BCUT2D eigenvalue weighted by Gasteiger charge is 2.43. The summed E-state index contributed by atoms with van der Waals surface area (Å²) in [4.78, 5) is 20.9. The van der Waals surface area contributed by atoms with Crippen LogP contribution in [0, 0.1) is 11.6 Å². The first-order valence-corrected chi connectivity index (χ1v) is 30.3. The van der Waals surface area contributed by atoms with E-state index in [4.69, 9.17) is 33.5 Å². The van der Waals surface area contributed by atoms with Crippen LogP contribution in [0.5, 0.6) is 11.5 Å². The standard InChI is InChI=1S/C40H28FN3O2.C39H26FN3O2/c1-40(2)29-18-10-7-16-26(29)35-32(40)27-17-9-12-20-31(27)44(35)39-42-33(23-13-5-4-6-14-23)38-34(43-39)28-22-21-25(36(45-3)37(28)46-38)24-15-8-11-19-30(24)41;1-39(2)28-17-9-6-15-25(28)34-31(39)26-16-8-11-19-30(26)43(34)38-41-32(22-12-4-3-5-13-22)37-33(42-38)27-21-20-24(35(44)36(27)45-37)23-14-7-10-18-29(23)40/h4-22H,1-3H3;3-21,44H,1-2H3. The Bertz CT molecular complexity index is 5700. The molecule has 16 aromatic rings. The van der Waals surface area contributed by atoms with Crippen LogP contribution in [0.1, 0.15) is 49.9 Å². The van der Waals surface area contributed by atoms with Crippen LogP contribution >= 0.6 is 0 Å². The van der Waals surface area contributed by atoms with Gasteiger partial charge in [-0.05, 0) is 70.8 Å². The third-order valence-corrected chi connectivity index (χ3v) is 18.6. The second kappa shape index (κ2) is 20.0. The van der Waals surface area contributed by atoms with E-state index >= 15 is 0 Å². The quantitative estimate of drug-likeness (QED) is 0.168. The maximum atomic E-state index is 15.0. The zero-order valence-corrected chi connectivity index (χ0v) is 50.1. The van der Waals surface area contributed by atoms with Crippen LogP contribution in [0.2, 0.25) is 0 Å². The van der Waals surface area contributed by atoms with Crippen molar-refractivity contribution >= 4 is 65.9 Å². The molecule has 6 aromatic heterocycles. The molecule has 0 amide bonds. The first-order chi connectivity index (χ1) is 44.4. The number of nitrogens with zero attached hydrogens (tertiary/aromatic N) is 6. The molecular weight excluding hydrogens is 1130 g/mol. The normalized spacial score (nSPS) is 13.4. The van der Waals surface area contributed by atoms with Crippen molar-refractivity contribution in [1.82, 2.24) is 29.1 Å². The SMILES string of the molecule is CC1(C)c2ccccc2-c2c1c1ccccc1n2-c1nc(-c2ccccc2)c2oc3c(O)c(-c4ccccc4F)ccc3c2n1.COc1c(-c2ccccc2F)ccc2c1oc1c(-c3ccccc3)nc(-n3c4c(c5ccccc53)C(C)(C)c3ccccc3-4)nc12. The Labute approximate surface area is 520 Å². The largest absolute Gasteiger partial charge is 0.504 e. The van der Waals surface area contributed by atoms with Crippen molar-refractivity contribution in [1.29, 1.82) is 0 Å². The fourth-order valence-corrected chi connectivity index (χ4v) is 14.5. The Morgan fingerprint density at radius 3 is 1.26 bits per heavy atom. The number of hydrogen-bond acceptors (Lipinski definition) is 8. The van der Waals surface area contributed by atoms with E-state index in [9.17, 15) is 13.9 Å². The van der Waals surface area contributed by atoms with Gasteiger partial charge in [-0.15, -0.1) is 0 Å². The lowest BCUT2D eigenvalue weighted by Crippen LogP contribution is -2.14. The van der Waals surface area contributed by atoms with Gasteiger partial charge in [-0.3, -0.25) is 9.13 Å². The number of halogens is 2. The van der Waals surface area contributed by atoms with E-state index in [1.54, 1.807) is 43.5 Å². The second-order valence-electron chi connectivity index (χ2n) is 24.4. The number of hydrogen-bond donors (Lipinski definition) is 1. The number of aromatic nitrogens is 6. The molecule has 0 fully saturated rings. The van der Waals surface area contributed by atoms with Gasteiger partial charge in [-0.1, -0.05) is 210 Å². The first kappa shape index (κ1) is 53.7. The highest BCUT2D eigenvalue weighted by Crippen LogP contribution is 2.56. The molecule has 10 aromatic carbocycles. The van der Waals surface area contributed by atoms with Crippen molar-refractivity contribution in [3.63, 3.8) is 0 Å². The van der Waals surface area contributed by atoms with Crippen LogP contribution in [-0.2, 0) is 10.8 Å². The highest BCUT2D eigenvalue weighted by molar-refractivity contribution is 6.12. The number of methoxy groups -OCH3 is 1. The summed E-state index contributed by atoms with van der Waals surface area (Å²) in [5.41, 5.74) is 18.9. The van der Waals surface area contributed by atoms with Gasteiger partial charge >= 0.3 is 0 Å². The molecule has 91 heavy (non-hydrogen) atoms. The van der Waals surface area contributed by atoms with Gasteiger partial charge in [0.2, 0.25) is 11.9 Å². The Kier molecular flexibility index (Phi) is 11.8. The summed E-state index contributed by atoms with van der Waals surface area (Å²) in [6.07, 6.45) is 0. The Morgan fingerprint density at radius 2 is 0.780 bits per heavy atom. The van der Waals surface area contributed by atoms with Gasteiger partial charge in [0.15, 0.2) is 33.8 Å². The molecular formula is C79H54F2N6O4. The van der Waals surface area contributed by atoms with Gasteiger partial charge in [0, 0.05) is 66.1 Å². The topological polar surface area (TPSA) is 117 Å². The summed E-state index contributed by atoms with van der Waals surface area (Å²) in [6, 6.07) is 74.3. The second-order valence-corrected chi connectivity index (χ2v) is 24.4. The number of aromatic hydroxyl groups is 1. The van der Waals surface area contributed by atoms with Crippen molar-refractivity contribution in [3.05, 3.63) is 264 Å². The van der Waals surface area contributed by atoms with Crippen molar-refractivity contribution in [3.8, 4) is 90.7 Å². The number of rotatable bonds is 7. The van der Waals surface area contributed by atoms with E-state index in [2.05, 4.69) is 128 Å². The van der Waals surface area contributed by atoms with E-state index in [0.29, 0.717) is 84.5 Å². The zero-order chi connectivity index (χ0) is 61.6. The fourth-order valence-electron chi connectivity index (χ4n) is 14.5. The Hall–Kier alpha value is -11.5. The predicted octanol–water partition coefficient (Wildman–Crippen LogP) is 19.9. The predicted molar refractivity (Wildman–Crippen MR) is 357 cm³/mol. The van der Waals surface area contributed by atoms with Gasteiger partial charge < -0.3 is 18.7 Å². The molecule has 12 heteroatoms.